The number of hydrogen-bond donors (Lipinski definition) is 8. The fourth-order valence-electron chi connectivity index (χ4n) is 4.29. The second-order valence-electron chi connectivity index (χ2n) is 9.27. The second-order valence-corrected chi connectivity index (χ2v) is 9.27. The highest BCUT2D eigenvalue weighted by atomic mass is 16.4. The van der Waals surface area contributed by atoms with E-state index >= 15 is 0 Å². The molecular weight excluding hydrogens is 496 g/mol. The number of nitrogens with zero attached hydrogens (tertiary/aromatic N) is 3. The Balaban J connectivity index is 2.05. The molecule has 0 bridgehead atoms. The van der Waals surface area contributed by atoms with Gasteiger partial charge in [0.1, 0.15) is 18.1 Å². The van der Waals surface area contributed by atoms with E-state index in [2.05, 4.69) is 25.6 Å². The number of nitrogens with one attached hydrogen (secondary N) is 3. The zero-order valence-electron chi connectivity index (χ0n) is 21.5. The lowest BCUT2D eigenvalue weighted by Crippen LogP contribution is -2.57. The molecule has 212 valence electrons. The first kappa shape index (κ1) is 30.5. The molecule has 0 saturated carbocycles. The smallest absolute Gasteiger partial charge is 0.326 e. The Morgan fingerprint density at radius 1 is 1.16 bits per heavy atom. The van der Waals surface area contributed by atoms with Crippen LogP contribution in [0.4, 0.5) is 0 Å². The highest BCUT2D eigenvalue weighted by Gasteiger charge is 2.39. The zero-order chi connectivity index (χ0) is 28.1. The predicted molar refractivity (Wildman–Crippen MR) is 139 cm³/mol. The molecule has 3 amide bonds. The third-order valence-corrected chi connectivity index (χ3v) is 6.29. The molecule has 0 aliphatic carbocycles. The van der Waals surface area contributed by atoms with Gasteiger partial charge in [0.25, 0.3) is 0 Å². The molecule has 15 heteroatoms. The minimum Gasteiger partial charge on any atom is -0.480 e. The van der Waals surface area contributed by atoms with Crippen molar-refractivity contribution in [2.24, 2.45) is 27.9 Å². The number of carbonyl (C=O) groups is 4. The monoisotopic (exact) mass is 536 g/mol. The average Bonchev–Trinajstić information content (AvgIpc) is 3.56. The molecule has 1 aliphatic rings. The Kier molecular flexibility index (Phi) is 12.5. The molecule has 0 radical (unpaired) electrons. The van der Waals surface area contributed by atoms with E-state index < -0.39 is 47.9 Å². The van der Waals surface area contributed by atoms with E-state index in [4.69, 9.17) is 22.9 Å². The highest BCUT2D eigenvalue weighted by Crippen LogP contribution is 2.20. The van der Waals surface area contributed by atoms with Crippen LogP contribution in [0.5, 0.6) is 0 Å². The van der Waals surface area contributed by atoms with Crippen molar-refractivity contribution in [3.8, 4) is 0 Å². The number of likely N-dealkylation sites (tertiary alicyclic amines) is 1. The highest BCUT2D eigenvalue weighted by molar-refractivity contribution is 5.94. The van der Waals surface area contributed by atoms with Crippen LogP contribution in [0.3, 0.4) is 0 Å². The Morgan fingerprint density at radius 3 is 2.53 bits per heavy atom. The number of amides is 3. The molecule has 2 rings (SSSR count). The quantitative estimate of drug-likeness (QED) is 0.0625. The molecule has 0 aromatic carbocycles. The van der Waals surface area contributed by atoms with Crippen LogP contribution in [-0.4, -0.2) is 93.4 Å². The van der Waals surface area contributed by atoms with Crippen LogP contribution in [0.25, 0.3) is 0 Å². The van der Waals surface area contributed by atoms with Crippen molar-refractivity contribution in [1.82, 2.24) is 25.5 Å². The molecule has 15 nitrogen and oxygen atoms in total. The van der Waals surface area contributed by atoms with Crippen LogP contribution in [-0.2, 0) is 25.6 Å². The van der Waals surface area contributed by atoms with E-state index in [1.165, 1.54) is 11.2 Å². The number of unbranched alkanes of at least 4 members (excludes halogenated alkanes) is 1. The van der Waals surface area contributed by atoms with Gasteiger partial charge in [0, 0.05) is 31.4 Å². The van der Waals surface area contributed by atoms with Gasteiger partial charge in [0.2, 0.25) is 17.7 Å². The number of aliphatic imine (C=N–C) groups is 1. The standard InChI is InChI=1S/C23H40N10O5/c24-8-2-1-5-16(31-19(34)15(25)11-14-12-28-13-30-14)21(36)33-10-4-7-18(33)20(35)32-17(22(37)38)6-3-9-29-23(26)27/h12-13,15-18H,1-11,24-25H2,(H,28,30)(H,31,34)(H,32,35)(H,37,38)(H4,26,27,29). The number of carboxylic acid groups (broad SMARTS) is 1. The van der Waals surface area contributed by atoms with Crippen molar-refractivity contribution >= 4 is 29.7 Å². The molecule has 1 aliphatic heterocycles. The molecule has 4 unspecified atom stereocenters. The average molecular weight is 537 g/mol. The molecular formula is C23H40N10O5. The first-order valence-corrected chi connectivity index (χ1v) is 12.8. The van der Waals surface area contributed by atoms with Gasteiger partial charge in [-0.15, -0.1) is 0 Å². The maximum absolute atomic E-state index is 13.5. The van der Waals surface area contributed by atoms with Crippen molar-refractivity contribution in [1.29, 1.82) is 0 Å². The van der Waals surface area contributed by atoms with Gasteiger partial charge in [0.15, 0.2) is 5.96 Å². The second kappa shape index (κ2) is 15.5. The molecule has 12 N–H and O–H groups in total. The van der Waals surface area contributed by atoms with Gasteiger partial charge >= 0.3 is 5.97 Å². The first-order chi connectivity index (χ1) is 18.1. The first-order valence-electron chi connectivity index (χ1n) is 12.8. The number of carboxylic acids is 1. The van der Waals surface area contributed by atoms with Gasteiger partial charge in [-0.1, -0.05) is 0 Å². The summed E-state index contributed by atoms with van der Waals surface area (Å²) in [6, 6.07) is -3.82. The Bertz CT molecular complexity index is 950. The van der Waals surface area contributed by atoms with Gasteiger partial charge in [-0.2, -0.15) is 0 Å². The lowest BCUT2D eigenvalue weighted by atomic mass is 10.1. The largest absolute Gasteiger partial charge is 0.480 e. The number of rotatable bonds is 16. The van der Waals surface area contributed by atoms with Gasteiger partial charge < -0.3 is 48.6 Å². The lowest BCUT2D eigenvalue weighted by Gasteiger charge is -2.30. The SMILES string of the molecule is NCCCCC(NC(=O)C(N)Cc1cnc[nH]1)C(=O)N1CCCC1C(=O)NC(CCCN=C(N)N)C(=O)O. The summed E-state index contributed by atoms with van der Waals surface area (Å²) in [5.74, 6) is -2.78. The summed E-state index contributed by atoms with van der Waals surface area (Å²) in [6.07, 6.45) is 6.23. The third kappa shape index (κ3) is 9.63. The molecule has 1 aromatic heterocycles. The maximum Gasteiger partial charge on any atom is 0.326 e. The van der Waals surface area contributed by atoms with E-state index in [-0.39, 0.29) is 25.3 Å². The predicted octanol–water partition coefficient (Wildman–Crippen LogP) is -2.49. The molecule has 38 heavy (non-hydrogen) atoms. The molecule has 4 atom stereocenters. The van der Waals surface area contributed by atoms with Gasteiger partial charge in [0.05, 0.1) is 12.4 Å². The zero-order valence-corrected chi connectivity index (χ0v) is 21.5. The number of aromatic amines is 1. The van der Waals surface area contributed by atoms with Crippen LogP contribution in [0.2, 0.25) is 0 Å². The molecule has 0 spiro atoms. The summed E-state index contributed by atoms with van der Waals surface area (Å²) in [5.41, 5.74) is 22.9. The summed E-state index contributed by atoms with van der Waals surface area (Å²) in [7, 11) is 0. The summed E-state index contributed by atoms with van der Waals surface area (Å²) >= 11 is 0. The number of carbonyl (C=O) groups excluding carboxylic acids is 3. The van der Waals surface area contributed by atoms with E-state index in [9.17, 15) is 24.3 Å². The number of H-pyrrole nitrogens is 1. The van der Waals surface area contributed by atoms with Gasteiger partial charge in [-0.25, -0.2) is 9.78 Å². The topological polar surface area (TPSA) is 261 Å². The van der Waals surface area contributed by atoms with E-state index in [0.717, 1.165) is 0 Å². The summed E-state index contributed by atoms with van der Waals surface area (Å²) < 4.78 is 0. The summed E-state index contributed by atoms with van der Waals surface area (Å²) in [6.45, 7) is 0.966. The summed E-state index contributed by atoms with van der Waals surface area (Å²) in [5, 5.41) is 14.8. The maximum atomic E-state index is 13.5. The Hall–Kier alpha value is -3.72. The fraction of sp³-hybridized carbons (Fsp3) is 0.652. The molecule has 1 aromatic rings. The van der Waals surface area contributed by atoms with Crippen molar-refractivity contribution in [3.63, 3.8) is 0 Å². The number of aromatic nitrogens is 2. The molecule has 1 saturated heterocycles. The number of imidazole rings is 1. The number of hydrogen-bond acceptors (Lipinski definition) is 8. The van der Waals surface area contributed by atoms with Crippen molar-refractivity contribution in [3.05, 3.63) is 18.2 Å². The van der Waals surface area contributed by atoms with Crippen molar-refractivity contribution < 1.29 is 24.3 Å². The van der Waals surface area contributed by atoms with Crippen LogP contribution in [0.1, 0.15) is 50.6 Å². The summed E-state index contributed by atoms with van der Waals surface area (Å²) in [4.78, 5) is 63.0. The third-order valence-electron chi connectivity index (χ3n) is 6.29. The normalized spacial score (nSPS) is 17.3. The molecule has 1 fully saturated rings. The van der Waals surface area contributed by atoms with Gasteiger partial charge in [-0.05, 0) is 51.5 Å². The van der Waals surface area contributed by atoms with Crippen LogP contribution >= 0.6 is 0 Å². The lowest BCUT2D eigenvalue weighted by molar-refractivity contribution is -0.145. The van der Waals surface area contributed by atoms with E-state index in [1.807, 2.05) is 0 Å². The Labute approximate surface area is 221 Å². The van der Waals surface area contributed by atoms with Crippen LogP contribution in [0.15, 0.2) is 17.5 Å². The van der Waals surface area contributed by atoms with E-state index in [1.54, 1.807) is 6.20 Å². The minimum atomic E-state index is -1.20. The number of nitrogens with two attached hydrogens (primary N) is 4. The van der Waals surface area contributed by atoms with Crippen molar-refractivity contribution in [2.75, 3.05) is 19.6 Å². The van der Waals surface area contributed by atoms with Crippen LogP contribution < -0.4 is 33.6 Å². The van der Waals surface area contributed by atoms with Crippen molar-refractivity contribution in [2.45, 2.75) is 75.5 Å². The Morgan fingerprint density at radius 2 is 1.89 bits per heavy atom. The number of aliphatic carboxylic acids is 1. The minimum absolute atomic E-state index is 0.101. The van der Waals surface area contributed by atoms with Crippen LogP contribution in [0, 0.1) is 0 Å². The molecule has 2 heterocycles. The fourth-order valence-corrected chi connectivity index (χ4v) is 4.29. The number of guanidine groups is 1. The van der Waals surface area contributed by atoms with Gasteiger partial charge in [-0.3, -0.25) is 19.4 Å². The van der Waals surface area contributed by atoms with E-state index in [0.29, 0.717) is 57.3 Å².